The highest BCUT2D eigenvalue weighted by Gasteiger charge is 2.15. The molecule has 0 aliphatic rings. The van der Waals surface area contributed by atoms with Gasteiger partial charge in [0.25, 0.3) is 6.43 Å². The Balaban J connectivity index is 3.18. The van der Waals surface area contributed by atoms with Crippen molar-refractivity contribution < 1.29 is 13.5 Å². The molecule has 0 saturated heterocycles. The highest BCUT2D eigenvalue weighted by molar-refractivity contribution is 14.1. The van der Waals surface area contributed by atoms with Gasteiger partial charge in [-0.05, 0) is 22.6 Å². The molecule has 0 bridgehead atoms. The van der Waals surface area contributed by atoms with Crippen LogP contribution in [-0.4, -0.2) is 12.1 Å². The largest absolute Gasteiger partial charge is 0.495 e. The lowest BCUT2D eigenvalue weighted by Crippen LogP contribution is -1.96. The molecule has 0 aromatic carbocycles. The highest BCUT2D eigenvalue weighted by atomic mass is 127. The van der Waals surface area contributed by atoms with Crippen LogP contribution in [0.15, 0.2) is 12.4 Å². The maximum atomic E-state index is 12.3. The van der Waals surface area contributed by atoms with E-state index in [9.17, 15) is 8.78 Å². The van der Waals surface area contributed by atoms with E-state index in [1.54, 1.807) is 0 Å². The van der Waals surface area contributed by atoms with Crippen molar-refractivity contribution in [3.63, 3.8) is 0 Å². The van der Waals surface area contributed by atoms with Gasteiger partial charge in [0.1, 0.15) is 5.75 Å². The summed E-state index contributed by atoms with van der Waals surface area (Å²) < 4.78 is 29.9. The lowest BCUT2D eigenvalue weighted by atomic mass is 10.3. The Morgan fingerprint density at radius 2 is 2.17 bits per heavy atom. The third kappa shape index (κ3) is 1.82. The molecule has 0 fully saturated rings. The normalized spacial score (nSPS) is 10.4. The van der Waals surface area contributed by atoms with Crippen molar-refractivity contribution >= 4 is 22.6 Å². The van der Waals surface area contributed by atoms with Crippen LogP contribution in [0.3, 0.4) is 0 Å². The van der Waals surface area contributed by atoms with Crippen LogP contribution in [0, 0.1) is 3.57 Å². The fraction of sp³-hybridized carbons (Fsp3) is 0.286. The van der Waals surface area contributed by atoms with Crippen LogP contribution in [0.4, 0.5) is 8.78 Å². The zero-order valence-electron chi connectivity index (χ0n) is 6.22. The van der Waals surface area contributed by atoms with Gasteiger partial charge in [0.15, 0.2) is 0 Å². The zero-order valence-corrected chi connectivity index (χ0v) is 8.38. The lowest BCUT2D eigenvalue weighted by molar-refractivity contribution is 0.146. The number of hydrogen-bond donors (Lipinski definition) is 0. The summed E-state index contributed by atoms with van der Waals surface area (Å²) in [6, 6.07) is 0. The second-order valence-corrected chi connectivity index (χ2v) is 3.21. The van der Waals surface area contributed by atoms with E-state index in [0.717, 1.165) is 6.20 Å². The predicted octanol–water partition coefficient (Wildman–Crippen LogP) is 2.63. The molecule has 0 spiro atoms. The topological polar surface area (TPSA) is 22.1 Å². The number of alkyl halides is 2. The van der Waals surface area contributed by atoms with Gasteiger partial charge in [-0.3, -0.25) is 4.98 Å². The molecule has 0 unspecified atom stereocenters. The predicted molar refractivity (Wildman–Crippen MR) is 48.5 cm³/mol. The van der Waals surface area contributed by atoms with Crippen LogP contribution in [0.5, 0.6) is 5.75 Å². The number of methoxy groups -OCH3 is 1. The minimum Gasteiger partial charge on any atom is -0.495 e. The van der Waals surface area contributed by atoms with E-state index < -0.39 is 6.43 Å². The Kier molecular flexibility index (Phi) is 3.19. The second kappa shape index (κ2) is 3.97. The molecule has 0 aliphatic carbocycles. The van der Waals surface area contributed by atoms with Crippen molar-refractivity contribution in [3.8, 4) is 5.75 Å². The van der Waals surface area contributed by atoms with Crippen LogP contribution in [-0.2, 0) is 0 Å². The average Bonchev–Trinajstić information content (AvgIpc) is 2.03. The fourth-order valence-electron chi connectivity index (χ4n) is 0.809. The average molecular weight is 285 g/mol. The number of pyridine rings is 1. The van der Waals surface area contributed by atoms with Crippen molar-refractivity contribution in [2.24, 2.45) is 0 Å². The number of hydrogen-bond acceptors (Lipinski definition) is 2. The minimum absolute atomic E-state index is 0.163. The first kappa shape index (κ1) is 9.63. The Bertz CT molecular complexity index is 280. The molecule has 0 atom stereocenters. The monoisotopic (exact) mass is 285 g/mol. The molecule has 2 nitrogen and oxygen atoms in total. The van der Waals surface area contributed by atoms with Crippen LogP contribution in [0.2, 0.25) is 0 Å². The lowest BCUT2D eigenvalue weighted by Gasteiger charge is -2.07. The van der Waals surface area contributed by atoms with Crippen LogP contribution in [0.1, 0.15) is 12.0 Å². The Morgan fingerprint density at radius 3 is 2.58 bits per heavy atom. The summed E-state index contributed by atoms with van der Waals surface area (Å²) in [4.78, 5) is 3.65. The quantitative estimate of drug-likeness (QED) is 0.779. The van der Waals surface area contributed by atoms with Crippen molar-refractivity contribution in [2.45, 2.75) is 6.43 Å². The van der Waals surface area contributed by atoms with E-state index in [0.29, 0.717) is 3.57 Å². The number of aromatic nitrogens is 1. The second-order valence-electron chi connectivity index (χ2n) is 2.04. The fourth-order valence-corrected chi connectivity index (χ4v) is 1.50. The van der Waals surface area contributed by atoms with Gasteiger partial charge < -0.3 is 4.74 Å². The van der Waals surface area contributed by atoms with E-state index >= 15 is 0 Å². The van der Waals surface area contributed by atoms with Gasteiger partial charge in [-0.25, -0.2) is 8.78 Å². The van der Waals surface area contributed by atoms with Gasteiger partial charge in [0, 0.05) is 12.4 Å². The third-order valence-electron chi connectivity index (χ3n) is 1.32. The van der Waals surface area contributed by atoms with Crippen molar-refractivity contribution in [1.29, 1.82) is 0 Å². The number of halogens is 3. The maximum absolute atomic E-state index is 12.3. The molecule has 1 aromatic rings. The van der Waals surface area contributed by atoms with E-state index in [-0.39, 0.29) is 11.3 Å². The first-order valence-electron chi connectivity index (χ1n) is 3.12. The molecule has 0 N–H and O–H groups in total. The van der Waals surface area contributed by atoms with Crippen LogP contribution in [0.25, 0.3) is 0 Å². The molecule has 1 aromatic heterocycles. The van der Waals surface area contributed by atoms with Gasteiger partial charge in [0.05, 0.1) is 16.2 Å². The minimum atomic E-state index is -2.54. The van der Waals surface area contributed by atoms with Crippen molar-refractivity contribution in [3.05, 3.63) is 21.5 Å². The van der Waals surface area contributed by atoms with E-state index in [1.807, 2.05) is 22.6 Å². The number of nitrogens with zero attached hydrogens (tertiary/aromatic N) is 1. The van der Waals surface area contributed by atoms with Crippen molar-refractivity contribution in [2.75, 3.05) is 7.11 Å². The molecule has 5 heteroatoms. The molecule has 0 saturated carbocycles. The summed E-state index contributed by atoms with van der Waals surface area (Å²) in [5.74, 6) is 0.209. The summed E-state index contributed by atoms with van der Waals surface area (Å²) in [6.45, 7) is 0. The summed E-state index contributed by atoms with van der Waals surface area (Å²) in [5, 5.41) is 0. The van der Waals surface area contributed by atoms with Gasteiger partial charge >= 0.3 is 0 Å². The molecular formula is C7H6F2INO. The molecule has 1 heterocycles. The summed E-state index contributed by atoms with van der Waals surface area (Å²) in [6.07, 6.45) is 0.0545. The van der Waals surface area contributed by atoms with E-state index in [4.69, 9.17) is 4.74 Å². The Hall–Kier alpha value is -0.460. The molecule has 1 rings (SSSR count). The molecule has 0 amide bonds. The smallest absolute Gasteiger partial charge is 0.268 e. The van der Waals surface area contributed by atoms with Gasteiger partial charge in [-0.15, -0.1) is 0 Å². The summed E-state index contributed by atoms with van der Waals surface area (Å²) in [5.41, 5.74) is -0.163. The first-order valence-corrected chi connectivity index (χ1v) is 4.20. The molecule has 12 heavy (non-hydrogen) atoms. The van der Waals surface area contributed by atoms with Crippen molar-refractivity contribution in [1.82, 2.24) is 4.98 Å². The molecule has 0 aliphatic heterocycles. The Labute approximate surface area is 82.1 Å². The Morgan fingerprint density at radius 1 is 1.50 bits per heavy atom. The zero-order chi connectivity index (χ0) is 9.14. The standard InChI is InChI=1S/C7H6F2INO/c1-12-6-4(7(8)9)2-11-3-5(6)10/h2-3,7H,1H3. The SMILES string of the molecule is COc1c(I)cncc1C(F)F. The molecular weight excluding hydrogens is 279 g/mol. The van der Waals surface area contributed by atoms with Gasteiger partial charge in [-0.2, -0.15) is 0 Å². The maximum Gasteiger partial charge on any atom is 0.268 e. The summed E-state index contributed by atoms with van der Waals surface area (Å²) >= 11 is 1.90. The summed E-state index contributed by atoms with van der Waals surface area (Å²) in [7, 11) is 1.36. The van der Waals surface area contributed by atoms with Gasteiger partial charge in [-0.1, -0.05) is 0 Å². The third-order valence-corrected chi connectivity index (χ3v) is 2.09. The highest BCUT2D eigenvalue weighted by Crippen LogP contribution is 2.31. The number of ether oxygens (including phenoxy) is 1. The van der Waals surface area contributed by atoms with Crippen LogP contribution >= 0.6 is 22.6 Å². The van der Waals surface area contributed by atoms with E-state index in [1.165, 1.54) is 13.3 Å². The molecule has 66 valence electrons. The van der Waals surface area contributed by atoms with Crippen LogP contribution < -0.4 is 4.74 Å². The molecule has 0 radical (unpaired) electrons. The number of rotatable bonds is 2. The van der Waals surface area contributed by atoms with Gasteiger partial charge in [0.2, 0.25) is 0 Å². The first-order chi connectivity index (χ1) is 5.66. The van der Waals surface area contributed by atoms with E-state index in [2.05, 4.69) is 4.98 Å².